The lowest BCUT2D eigenvalue weighted by Gasteiger charge is -2.15. The molecule has 1 unspecified atom stereocenters. The van der Waals surface area contributed by atoms with Crippen LogP contribution in [0, 0.1) is 6.92 Å². The largest absolute Gasteiger partial charge is 0.363 e. The van der Waals surface area contributed by atoms with Crippen molar-refractivity contribution in [2.24, 2.45) is 0 Å². The van der Waals surface area contributed by atoms with E-state index in [4.69, 9.17) is 23.2 Å². The second kappa shape index (κ2) is 5.55. The molecule has 18 heavy (non-hydrogen) atoms. The number of aryl methyl sites for hydroxylation is 1. The van der Waals surface area contributed by atoms with Crippen LogP contribution in [0.3, 0.4) is 0 Å². The zero-order valence-electron chi connectivity index (χ0n) is 10.1. The van der Waals surface area contributed by atoms with Gasteiger partial charge in [-0.3, -0.25) is 0 Å². The third-order valence-corrected chi connectivity index (χ3v) is 2.94. The zero-order valence-corrected chi connectivity index (χ0v) is 11.6. The number of hydrogen-bond donors (Lipinski definition) is 1. The smallest absolute Gasteiger partial charge is 0.224 e. The van der Waals surface area contributed by atoms with Gasteiger partial charge < -0.3 is 5.32 Å². The summed E-state index contributed by atoms with van der Waals surface area (Å²) in [5.41, 5.74) is 1.92. The van der Waals surface area contributed by atoms with E-state index in [1.165, 1.54) is 0 Å². The lowest BCUT2D eigenvalue weighted by Crippen LogP contribution is -2.08. The summed E-state index contributed by atoms with van der Waals surface area (Å²) in [6.07, 6.45) is 0. The predicted molar refractivity (Wildman–Crippen MR) is 75.3 cm³/mol. The molecule has 1 aromatic carbocycles. The summed E-state index contributed by atoms with van der Waals surface area (Å²) in [6.45, 7) is 3.92. The summed E-state index contributed by atoms with van der Waals surface area (Å²) in [7, 11) is 0. The van der Waals surface area contributed by atoms with Crippen LogP contribution in [0.2, 0.25) is 10.3 Å². The molecule has 0 radical (unpaired) electrons. The number of aromatic nitrogens is 2. The van der Waals surface area contributed by atoms with Gasteiger partial charge in [-0.15, -0.1) is 0 Å². The summed E-state index contributed by atoms with van der Waals surface area (Å²) < 4.78 is 0. The Kier molecular flexibility index (Phi) is 4.04. The Morgan fingerprint density at radius 3 is 2.61 bits per heavy atom. The van der Waals surface area contributed by atoms with Crippen LogP contribution in [-0.2, 0) is 0 Å². The average Bonchev–Trinajstić information content (AvgIpc) is 2.27. The minimum atomic E-state index is 0.0917. The third-order valence-electron chi connectivity index (χ3n) is 2.54. The number of nitrogens with zero attached hydrogens (tertiary/aromatic N) is 2. The van der Waals surface area contributed by atoms with Gasteiger partial charge in [0.05, 0.1) is 0 Å². The van der Waals surface area contributed by atoms with Gasteiger partial charge in [-0.05, 0) is 43.1 Å². The number of benzene rings is 1. The molecule has 0 bridgehead atoms. The molecule has 0 aliphatic rings. The molecule has 0 aliphatic carbocycles. The second-order valence-electron chi connectivity index (χ2n) is 4.08. The molecule has 5 heteroatoms. The highest BCUT2D eigenvalue weighted by atomic mass is 35.5. The van der Waals surface area contributed by atoms with Crippen molar-refractivity contribution in [1.82, 2.24) is 9.97 Å². The van der Waals surface area contributed by atoms with Crippen molar-refractivity contribution in [3.63, 3.8) is 0 Å². The Hall–Kier alpha value is -1.32. The maximum absolute atomic E-state index is 5.97. The Labute approximate surface area is 116 Å². The number of rotatable bonds is 3. The highest BCUT2D eigenvalue weighted by molar-refractivity contribution is 6.30. The average molecular weight is 282 g/mol. The van der Waals surface area contributed by atoms with Crippen molar-refractivity contribution in [3.8, 4) is 0 Å². The summed E-state index contributed by atoms with van der Waals surface area (Å²) in [6, 6.07) is 9.66. The number of anilines is 1. The van der Waals surface area contributed by atoms with Crippen molar-refractivity contribution >= 4 is 29.0 Å². The normalized spacial score (nSPS) is 12.2. The molecule has 94 valence electrons. The highest BCUT2D eigenvalue weighted by Crippen LogP contribution is 2.21. The number of hydrogen-bond acceptors (Lipinski definition) is 3. The van der Waals surface area contributed by atoms with E-state index in [9.17, 15) is 0 Å². The SMILES string of the molecule is Cc1cc(NC(C)c2cccc(Cl)c2)nc(Cl)n1. The highest BCUT2D eigenvalue weighted by Gasteiger charge is 2.07. The van der Waals surface area contributed by atoms with Gasteiger partial charge in [0, 0.05) is 22.8 Å². The van der Waals surface area contributed by atoms with Crippen LogP contribution in [0.15, 0.2) is 30.3 Å². The van der Waals surface area contributed by atoms with Crippen LogP contribution >= 0.6 is 23.2 Å². The molecule has 2 aromatic rings. The molecule has 3 nitrogen and oxygen atoms in total. The molecule has 0 saturated carbocycles. The van der Waals surface area contributed by atoms with E-state index in [1.54, 1.807) is 0 Å². The van der Waals surface area contributed by atoms with E-state index in [0.29, 0.717) is 5.82 Å². The quantitative estimate of drug-likeness (QED) is 0.854. The minimum absolute atomic E-state index is 0.0917. The van der Waals surface area contributed by atoms with E-state index in [1.807, 2.05) is 44.2 Å². The molecule has 0 aliphatic heterocycles. The van der Waals surface area contributed by atoms with Gasteiger partial charge in [-0.25, -0.2) is 9.97 Å². The van der Waals surface area contributed by atoms with Crippen LogP contribution in [-0.4, -0.2) is 9.97 Å². The Balaban J connectivity index is 2.18. The van der Waals surface area contributed by atoms with Crippen LogP contribution in [0.1, 0.15) is 24.2 Å². The molecule has 1 atom stereocenters. The minimum Gasteiger partial charge on any atom is -0.363 e. The van der Waals surface area contributed by atoms with Gasteiger partial charge in [-0.2, -0.15) is 0 Å². The fraction of sp³-hybridized carbons (Fsp3) is 0.231. The van der Waals surface area contributed by atoms with Gasteiger partial charge in [0.15, 0.2) is 0 Å². The van der Waals surface area contributed by atoms with Gasteiger partial charge in [0.2, 0.25) is 5.28 Å². The van der Waals surface area contributed by atoms with Crippen molar-refractivity contribution < 1.29 is 0 Å². The molecule has 1 aromatic heterocycles. The molecular formula is C13H13Cl2N3. The lowest BCUT2D eigenvalue weighted by atomic mass is 10.1. The standard InChI is InChI=1S/C13H13Cl2N3/c1-8-6-12(18-13(15)16-8)17-9(2)10-4-3-5-11(14)7-10/h3-7,9H,1-2H3,(H,16,17,18). The number of halogens is 2. The fourth-order valence-electron chi connectivity index (χ4n) is 1.69. The maximum atomic E-state index is 5.97. The Morgan fingerprint density at radius 2 is 1.94 bits per heavy atom. The second-order valence-corrected chi connectivity index (χ2v) is 4.86. The monoisotopic (exact) mass is 281 g/mol. The first-order valence-electron chi connectivity index (χ1n) is 5.58. The van der Waals surface area contributed by atoms with Gasteiger partial charge in [0.1, 0.15) is 5.82 Å². The molecule has 1 N–H and O–H groups in total. The summed E-state index contributed by atoms with van der Waals surface area (Å²) >= 11 is 11.8. The molecule has 0 saturated heterocycles. The van der Waals surface area contributed by atoms with Crippen LogP contribution in [0.25, 0.3) is 0 Å². The molecule has 0 fully saturated rings. The molecule has 1 heterocycles. The van der Waals surface area contributed by atoms with E-state index >= 15 is 0 Å². The first-order valence-corrected chi connectivity index (χ1v) is 6.33. The van der Waals surface area contributed by atoms with E-state index in [0.717, 1.165) is 16.3 Å². The molecule has 2 rings (SSSR count). The van der Waals surface area contributed by atoms with Crippen molar-refractivity contribution in [1.29, 1.82) is 0 Å². The molecular weight excluding hydrogens is 269 g/mol. The number of nitrogens with one attached hydrogen (secondary N) is 1. The van der Waals surface area contributed by atoms with Crippen molar-refractivity contribution in [2.75, 3.05) is 5.32 Å². The van der Waals surface area contributed by atoms with E-state index in [2.05, 4.69) is 15.3 Å². The van der Waals surface area contributed by atoms with Gasteiger partial charge >= 0.3 is 0 Å². The zero-order chi connectivity index (χ0) is 13.1. The summed E-state index contributed by atoms with van der Waals surface area (Å²) in [5, 5.41) is 4.24. The van der Waals surface area contributed by atoms with Crippen LogP contribution in [0.5, 0.6) is 0 Å². The third kappa shape index (κ3) is 3.34. The Bertz CT molecular complexity index is 537. The fourth-order valence-corrected chi connectivity index (χ4v) is 2.11. The predicted octanol–water partition coefficient (Wildman–Crippen LogP) is 4.26. The Morgan fingerprint density at radius 1 is 1.17 bits per heavy atom. The van der Waals surface area contributed by atoms with E-state index in [-0.39, 0.29) is 11.3 Å². The van der Waals surface area contributed by atoms with Gasteiger partial charge in [-0.1, -0.05) is 23.7 Å². The topological polar surface area (TPSA) is 37.8 Å². The molecule has 0 spiro atoms. The first kappa shape index (κ1) is 13.1. The van der Waals surface area contributed by atoms with Crippen LogP contribution < -0.4 is 5.32 Å². The van der Waals surface area contributed by atoms with Crippen LogP contribution in [0.4, 0.5) is 5.82 Å². The summed E-state index contributed by atoms with van der Waals surface area (Å²) in [5.74, 6) is 0.708. The van der Waals surface area contributed by atoms with Crippen molar-refractivity contribution in [2.45, 2.75) is 19.9 Å². The lowest BCUT2D eigenvalue weighted by molar-refractivity contribution is 0.870. The first-order chi connectivity index (χ1) is 8.54. The van der Waals surface area contributed by atoms with Gasteiger partial charge in [0.25, 0.3) is 0 Å². The molecule has 0 amide bonds. The maximum Gasteiger partial charge on any atom is 0.224 e. The van der Waals surface area contributed by atoms with Crippen molar-refractivity contribution in [3.05, 3.63) is 51.9 Å². The summed E-state index contributed by atoms with van der Waals surface area (Å²) in [4.78, 5) is 8.15. The van der Waals surface area contributed by atoms with E-state index < -0.39 is 0 Å².